The van der Waals surface area contributed by atoms with Gasteiger partial charge in [0.25, 0.3) is 0 Å². The molecule has 2 N–H and O–H groups in total. The SMILES string of the molecule is CC(Cn1ccnc1)NS(=O)(=O)c1ccc(C(=O)O)s1. The van der Waals surface area contributed by atoms with Gasteiger partial charge in [0.2, 0.25) is 10.0 Å². The molecule has 9 heteroatoms. The van der Waals surface area contributed by atoms with E-state index in [1.807, 2.05) is 0 Å². The second-order valence-electron chi connectivity index (χ2n) is 4.21. The Morgan fingerprint density at radius 1 is 1.55 bits per heavy atom. The molecule has 2 heterocycles. The molecular weight excluding hydrogens is 302 g/mol. The third kappa shape index (κ3) is 3.44. The van der Waals surface area contributed by atoms with Crippen LogP contribution in [0.1, 0.15) is 16.6 Å². The molecule has 0 amide bonds. The molecule has 20 heavy (non-hydrogen) atoms. The number of carbonyl (C=O) groups is 1. The van der Waals surface area contributed by atoms with Gasteiger partial charge in [-0.3, -0.25) is 0 Å². The summed E-state index contributed by atoms with van der Waals surface area (Å²) in [7, 11) is -3.70. The number of imidazole rings is 1. The molecule has 1 atom stereocenters. The highest BCUT2D eigenvalue weighted by molar-refractivity contribution is 7.91. The zero-order chi connectivity index (χ0) is 14.8. The molecule has 0 saturated heterocycles. The predicted molar refractivity (Wildman–Crippen MR) is 73.3 cm³/mol. The molecule has 0 aromatic carbocycles. The number of nitrogens with zero attached hydrogens (tertiary/aromatic N) is 2. The van der Waals surface area contributed by atoms with Crippen LogP contribution in [0.4, 0.5) is 0 Å². The zero-order valence-corrected chi connectivity index (χ0v) is 12.2. The summed E-state index contributed by atoms with van der Waals surface area (Å²) in [5.74, 6) is -1.14. The Bertz CT molecular complexity index is 691. The molecule has 1 unspecified atom stereocenters. The Hall–Kier alpha value is -1.71. The van der Waals surface area contributed by atoms with Crippen LogP contribution in [-0.2, 0) is 16.6 Å². The Kier molecular flexibility index (Phi) is 4.21. The van der Waals surface area contributed by atoms with E-state index in [2.05, 4.69) is 9.71 Å². The fraction of sp³-hybridized carbons (Fsp3) is 0.273. The van der Waals surface area contributed by atoms with Gasteiger partial charge in [-0.2, -0.15) is 0 Å². The van der Waals surface area contributed by atoms with Crippen molar-refractivity contribution in [3.05, 3.63) is 35.7 Å². The van der Waals surface area contributed by atoms with Crippen LogP contribution in [0.25, 0.3) is 0 Å². The van der Waals surface area contributed by atoms with Crippen molar-refractivity contribution in [3.63, 3.8) is 0 Å². The first kappa shape index (κ1) is 14.7. The molecule has 2 rings (SSSR count). The first-order valence-corrected chi connectivity index (χ1v) is 7.99. The van der Waals surface area contributed by atoms with Crippen LogP contribution < -0.4 is 4.72 Å². The van der Waals surface area contributed by atoms with E-state index < -0.39 is 16.0 Å². The fourth-order valence-electron chi connectivity index (χ4n) is 1.65. The van der Waals surface area contributed by atoms with Crippen molar-refractivity contribution in [2.75, 3.05) is 0 Å². The monoisotopic (exact) mass is 315 g/mol. The summed E-state index contributed by atoms with van der Waals surface area (Å²) < 4.78 is 28.4. The number of nitrogens with one attached hydrogen (secondary N) is 1. The molecule has 0 aliphatic rings. The molecule has 0 aliphatic carbocycles. The normalized spacial score (nSPS) is 13.2. The number of carboxylic acids is 1. The third-order valence-electron chi connectivity index (χ3n) is 2.46. The van der Waals surface area contributed by atoms with E-state index in [4.69, 9.17) is 5.11 Å². The Labute approximate surface area is 119 Å². The minimum Gasteiger partial charge on any atom is -0.477 e. The number of rotatable bonds is 6. The standard InChI is InChI=1S/C11H13N3O4S2/c1-8(6-14-5-4-12-7-14)13-20(17,18)10-3-2-9(19-10)11(15)16/h2-5,7-8,13H,6H2,1H3,(H,15,16). The molecular formula is C11H13N3O4S2. The summed E-state index contributed by atoms with van der Waals surface area (Å²) >= 11 is 0.729. The topological polar surface area (TPSA) is 101 Å². The molecule has 7 nitrogen and oxygen atoms in total. The maximum Gasteiger partial charge on any atom is 0.345 e. The highest BCUT2D eigenvalue weighted by Gasteiger charge is 2.21. The lowest BCUT2D eigenvalue weighted by atomic mass is 10.4. The Morgan fingerprint density at radius 2 is 2.30 bits per heavy atom. The first-order valence-electron chi connectivity index (χ1n) is 5.69. The second kappa shape index (κ2) is 5.73. The van der Waals surface area contributed by atoms with Crippen LogP contribution >= 0.6 is 11.3 Å². The van der Waals surface area contributed by atoms with E-state index in [1.165, 1.54) is 12.1 Å². The van der Waals surface area contributed by atoms with Gasteiger partial charge in [0, 0.05) is 25.0 Å². The van der Waals surface area contributed by atoms with E-state index in [9.17, 15) is 13.2 Å². The third-order valence-corrected chi connectivity index (χ3v) is 5.61. The van der Waals surface area contributed by atoms with Crippen molar-refractivity contribution < 1.29 is 18.3 Å². The Balaban J connectivity index is 2.08. The van der Waals surface area contributed by atoms with E-state index in [-0.39, 0.29) is 15.1 Å². The van der Waals surface area contributed by atoms with Gasteiger partial charge in [-0.15, -0.1) is 11.3 Å². The van der Waals surface area contributed by atoms with Crippen molar-refractivity contribution in [1.82, 2.24) is 14.3 Å². The average molecular weight is 315 g/mol. The smallest absolute Gasteiger partial charge is 0.345 e. The summed E-state index contributed by atoms with van der Waals surface area (Å²) in [6.45, 7) is 2.17. The van der Waals surface area contributed by atoms with Gasteiger partial charge in [-0.05, 0) is 19.1 Å². The number of carboxylic acid groups (broad SMARTS) is 1. The van der Waals surface area contributed by atoms with Crippen molar-refractivity contribution >= 4 is 27.3 Å². The van der Waals surface area contributed by atoms with Gasteiger partial charge in [0.1, 0.15) is 9.09 Å². The van der Waals surface area contributed by atoms with E-state index >= 15 is 0 Å². The summed E-state index contributed by atoms with van der Waals surface area (Å²) in [6, 6.07) is 2.23. The second-order valence-corrected chi connectivity index (χ2v) is 7.23. The van der Waals surface area contributed by atoms with Gasteiger partial charge in [-0.1, -0.05) is 0 Å². The first-order chi connectivity index (χ1) is 9.38. The quantitative estimate of drug-likeness (QED) is 0.828. The molecule has 0 saturated carbocycles. The lowest BCUT2D eigenvalue weighted by Crippen LogP contribution is -2.35. The lowest BCUT2D eigenvalue weighted by molar-refractivity contribution is 0.0702. The lowest BCUT2D eigenvalue weighted by Gasteiger charge is -2.13. The number of aromatic carboxylic acids is 1. The van der Waals surface area contributed by atoms with Crippen LogP contribution in [-0.4, -0.2) is 35.1 Å². The molecule has 0 aliphatic heterocycles. The van der Waals surface area contributed by atoms with E-state index in [0.717, 1.165) is 11.3 Å². The molecule has 2 aromatic heterocycles. The number of aromatic nitrogens is 2. The van der Waals surface area contributed by atoms with Gasteiger partial charge in [0.05, 0.1) is 6.33 Å². The van der Waals surface area contributed by atoms with Crippen molar-refractivity contribution in [2.45, 2.75) is 23.7 Å². The molecule has 0 spiro atoms. The molecule has 2 aromatic rings. The van der Waals surface area contributed by atoms with Gasteiger partial charge in [0.15, 0.2) is 0 Å². The molecule has 0 radical (unpaired) electrons. The number of hydrogen-bond acceptors (Lipinski definition) is 5. The largest absolute Gasteiger partial charge is 0.477 e. The summed E-state index contributed by atoms with van der Waals surface area (Å²) in [6.07, 6.45) is 4.94. The highest BCUT2D eigenvalue weighted by Crippen LogP contribution is 2.21. The minimum atomic E-state index is -3.70. The van der Waals surface area contributed by atoms with E-state index in [1.54, 1.807) is 30.2 Å². The number of hydrogen-bond donors (Lipinski definition) is 2. The molecule has 0 fully saturated rings. The average Bonchev–Trinajstić information content (AvgIpc) is 2.97. The van der Waals surface area contributed by atoms with Gasteiger partial charge in [-0.25, -0.2) is 22.9 Å². The van der Waals surface area contributed by atoms with Crippen LogP contribution in [0.2, 0.25) is 0 Å². The van der Waals surface area contributed by atoms with E-state index in [0.29, 0.717) is 6.54 Å². The summed E-state index contributed by atoms with van der Waals surface area (Å²) in [4.78, 5) is 14.6. The molecule has 0 bridgehead atoms. The fourth-order valence-corrected chi connectivity index (χ4v) is 4.05. The van der Waals surface area contributed by atoms with Crippen LogP contribution in [0.15, 0.2) is 35.1 Å². The van der Waals surface area contributed by atoms with Crippen molar-refractivity contribution in [3.8, 4) is 0 Å². The van der Waals surface area contributed by atoms with Crippen molar-refractivity contribution in [2.24, 2.45) is 0 Å². The minimum absolute atomic E-state index is 0.00682. The Morgan fingerprint density at radius 3 is 2.85 bits per heavy atom. The maximum atomic E-state index is 12.1. The molecule has 108 valence electrons. The van der Waals surface area contributed by atoms with Gasteiger partial charge >= 0.3 is 5.97 Å². The van der Waals surface area contributed by atoms with Crippen LogP contribution in [0.5, 0.6) is 0 Å². The number of sulfonamides is 1. The zero-order valence-electron chi connectivity index (χ0n) is 10.6. The maximum absolute atomic E-state index is 12.1. The number of thiophene rings is 1. The highest BCUT2D eigenvalue weighted by atomic mass is 32.2. The summed E-state index contributed by atoms with van der Waals surface area (Å²) in [5.41, 5.74) is 0. The summed E-state index contributed by atoms with van der Waals surface area (Å²) in [5, 5.41) is 8.80. The van der Waals surface area contributed by atoms with Crippen LogP contribution in [0.3, 0.4) is 0 Å². The predicted octanol–water partition coefficient (Wildman–Crippen LogP) is 1.01. The van der Waals surface area contributed by atoms with Crippen LogP contribution in [0, 0.1) is 0 Å². The van der Waals surface area contributed by atoms with Gasteiger partial charge < -0.3 is 9.67 Å². The van der Waals surface area contributed by atoms with Crippen molar-refractivity contribution in [1.29, 1.82) is 0 Å².